The van der Waals surface area contributed by atoms with E-state index in [9.17, 15) is 19.1 Å². The first-order chi connectivity index (χ1) is 13.0. The quantitative estimate of drug-likeness (QED) is 0.900. The molecule has 1 aromatic heterocycles. The molecule has 4 rings (SSSR count). The largest absolute Gasteiger partial charge is 0.481 e. The lowest BCUT2D eigenvalue weighted by Gasteiger charge is -2.30. The van der Waals surface area contributed by atoms with E-state index in [2.05, 4.69) is 5.10 Å². The molecule has 1 aromatic carbocycles. The number of carbonyl (C=O) groups is 2. The zero-order chi connectivity index (χ0) is 19.1. The van der Waals surface area contributed by atoms with Crippen LogP contribution in [0.15, 0.2) is 18.2 Å². The van der Waals surface area contributed by atoms with Gasteiger partial charge in [0.05, 0.1) is 5.92 Å². The molecule has 0 unspecified atom stereocenters. The number of aryl methyl sites for hydroxylation is 1. The van der Waals surface area contributed by atoms with Crippen LogP contribution in [0.5, 0.6) is 0 Å². The number of fused-ring (bicyclic) bond motifs is 1. The van der Waals surface area contributed by atoms with E-state index in [4.69, 9.17) is 0 Å². The van der Waals surface area contributed by atoms with E-state index in [-0.39, 0.29) is 18.3 Å². The van der Waals surface area contributed by atoms with Gasteiger partial charge in [0.25, 0.3) is 5.91 Å². The Hall–Kier alpha value is -2.70. The van der Waals surface area contributed by atoms with Crippen molar-refractivity contribution < 1.29 is 19.1 Å². The van der Waals surface area contributed by atoms with E-state index in [0.29, 0.717) is 30.8 Å². The molecule has 1 atom stereocenters. The first kappa shape index (κ1) is 17.7. The van der Waals surface area contributed by atoms with Crippen LogP contribution in [0.1, 0.15) is 46.6 Å². The standard InChI is InChI=1S/C20H22FN3O3/c1-12-7-8-17(15(21)10-12)24-16-6-2-5-14(16)18(22-24)19(25)23-9-3-4-13(11-23)20(26)27/h7-8,10,13H,2-6,9,11H2,1H3,(H,26,27)/t13-/m0/s1. The average molecular weight is 371 g/mol. The SMILES string of the molecule is Cc1ccc(-n2nc(C(=O)N3CCC[C@H](C(=O)O)C3)c3c2CCC3)c(F)c1. The molecule has 0 saturated carbocycles. The minimum absolute atomic E-state index is 0.203. The molecule has 1 amide bonds. The number of aromatic nitrogens is 2. The molecule has 7 heteroatoms. The number of hydrogen-bond acceptors (Lipinski definition) is 3. The minimum Gasteiger partial charge on any atom is -0.481 e. The maximum atomic E-state index is 14.5. The number of carboxylic acid groups (broad SMARTS) is 1. The minimum atomic E-state index is -0.870. The van der Waals surface area contributed by atoms with Gasteiger partial charge in [0.15, 0.2) is 5.69 Å². The van der Waals surface area contributed by atoms with Crippen molar-refractivity contribution in [2.45, 2.75) is 39.0 Å². The van der Waals surface area contributed by atoms with Gasteiger partial charge in [-0.15, -0.1) is 0 Å². The lowest BCUT2D eigenvalue weighted by molar-refractivity contribution is -0.143. The number of aliphatic carboxylic acids is 1. The van der Waals surface area contributed by atoms with Gasteiger partial charge in [0.1, 0.15) is 11.5 Å². The van der Waals surface area contributed by atoms with Gasteiger partial charge in [-0.25, -0.2) is 9.07 Å². The van der Waals surface area contributed by atoms with Crippen molar-refractivity contribution in [3.05, 3.63) is 46.5 Å². The summed E-state index contributed by atoms with van der Waals surface area (Å²) in [5.74, 6) is -2.02. The van der Waals surface area contributed by atoms with E-state index >= 15 is 0 Å². The van der Waals surface area contributed by atoms with E-state index in [1.165, 1.54) is 6.07 Å². The van der Waals surface area contributed by atoms with Gasteiger partial charge >= 0.3 is 5.97 Å². The Balaban J connectivity index is 1.70. The molecule has 1 aliphatic carbocycles. The number of hydrogen-bond donors (Lipinski definition) is 1. The van der Waals surface area contributed by atoms with Crippen molar-refractivity contribution in [2.75, 3.05) is 13.1 Å². The van der Waals surface area contributed by atoms with Crippen molar-refractivity contribution in [1.82, 2.24) is 14.7 Å². The van der Waals surface area contributed by atoms with Crippen LogP contribution < -0.4 is 0 Å². The fourth-order valence-corrected chi connectivity index (χ4v) is 4.11. The molecule has 6 nitrogen and oxygen atoms in total. The topological polar surface area (TPSA) is 75.4 Å². The fourth-order valence-electron chi connectivity index (χ4n) is 4.11. The smallest absolute Gasteiger partial charge is 0.308 e. The summed E-state index contributed by atoms with van der Waals surface area (Å²) in [6.45, 7) is 2.56. The second-order valence-corrected chi connectivity index (χ2v) is 7.42. The van der Waals surface area contributed by atoms with Crippen LogP contribution in [-0.4, -0.2) is 44.8 Å². The van der Waals surface area contributed by atoms with Gasteiger partial charge in [0.2, 0.25) is 0 Å². The van der Waals surface area contributed by atoms with E-state index < -0.39 is 11.9 Å². The van der Waals surface area contributed by atoms with E-state index in [1.807, 2.05) is 13.0 Å². The van der Waals surface area contributed by atoms with Gasteiger partial charge in [-0.2, -0.15) is 5.10 Å². The summed E-state index contributed by atoms with van der Waals surface area (Å²) in [4.78, 5) is 26.0. The normalized spacial score (nSPS) is 19.2. The van der Waals surface area contributed by atoms with Gasteiger partial charge in [-0.05, 0) is 56.7 Å². The summed E-state index contributed by atoms with van der Waals surface area (Å²) >= 11 is 0. The number of nitrogens with zero attached hydrogens (tertiary/aromatic N) is 3. The number of rotatable bonds is 3. The number of piperidine rings is 1. The molecule has 0 spiro atoms. The summed E-state index contributed by atoms with van der Waals surface area (Å²) in [6, 6.07) is 4.97. The number of likely N-dealkylation sites (tertiary alicyclic amines) is 1. The Morgan fingerprint density at radius 1 is 1.26 bits per heavy atom. The maximum Gasteiger partial charge on any atom is 0.308 e. The third-order valence-corrected chi connectivity index (χ3v) is 5.52. The zero-order valence-corrected chi connectivity index (χ0v) is 15.2. The van der Waals surface area contributed by atoms with Crippen LogP contribution in [0.2, 0.25) is 0 Å². The molecular formula is C20H22FN3O3. The number of benzene rings is 1. The second kappa shape index (κ2) is 6.79. The Kier molecular flexibility index (Phi) is 4.45. The predicted octanol–water partition coefficient (Wildman–Crippen LogP) is 2.75. The predicted molar refractivity (Wildman–Crippen MR) is 96.5 cm³/mol. The highest BCUT2D eigenvalue weighted by Crippen LogP contribution is 2.30. The number of halogens is 1. The van der Waals surface area contributed by atoms with Crippen LogP contribution in [0.25, 0.3) is 5.69 Å². The zero-order valence-electron chi connectivity index (χ0n) is 15.2. The highest BCUT2D eigenvalue weighted by molar-refractivity contribution is 5.94. The van der Waals surface area contributed by atoms with Crippen molar-refractivity contribution in [2.24, 2.45) is 5.92 Å². The molecule has 2 aromatic rings. The van der Waals surface area contributed by atoms with Crippen LogP contribution >= 0.6 is 0 Å². The molecule has 1 aliphatic heterocycles. The number of amides is 1. The summed E-state index contributed by atoms with van der Waals surface area (Å²) in [6.07, 6.45) is 3.64. The maximum absolute atomic E-state index is 14.5. The Morgan fingerprint density at radius 2 is 2.07 bits per heavy atom. The molecule has 0 bridgehead atoms. The lowest BCUT2D eigenvalue weighted by Crippen LogP contribution is -2.42. The Labute approximate surface area is 156 Å². The van der Waals surface area contributed by atoms with Crippen molar-refractivity contribution in [3.63, 3.8) is 0 Å². The summed E-state index contributed by atoms with van der Waals surface area (Å²) in [7, 11) is 0. The van der Waals surface area contributed by atoms with E-state index in [0.717, 1.165) is 36.1 Å². The summed E-state index contributed by atoms with van der Waals surface area (Å²) < 4.78 is 16.0. The molecule has 27 heavy (non-hydrogen) atoms. The molecular weight excluding hydrogens is 349 g/mol. The Morgan fingerprint density at radius 3 is 2.81 bits per heavy atom. The first-order valence-corrected chi connectivity index (χ1v) is 9.35. The number of carbonyl (C=O) groups excluding carboxylic acids is 1. The average Bonchev–Trinajstić information content (AvgIpc) is 3.24. The monoisotopic (exact) mass is 371 g/mol. The number of carboxylic acids is 1. The summed E-state index contributed by atoms with van der Waals surface area (Å²) in [5.41, 5.74) is 3.27. The Bertz CT molecular complexity index is 921. The lowest BCUT2D eigenvalue weighted by atomic mass is 9.98. The van der Waals surface area contributed by atoms with Crippen molar-refractivity contribution in [3.8, 4) is 5.69 Å². The molecule has 142 valence electrons. The van der Waals surface area contributed by atoms with Gasteiger partial charge in [-0.3, -0.25) is 9.59 Å². The highest BCUT2D eigenvalue weighted by Gasteiger charge is 2.33. The third-order valence-electron chi connectivity index (χ3n) is 5.52. The van der Waals surface area contributed by atoms with Crippen LogP contribution in [-0.2, 0) is 17.6 Å². The van der Waals surface area contributed by atoms with Crippen LogP contribution in [0, 0.1) is 18.7 Å². The molecule has 2 heterocycles. The van der Waals surface area contributed by atoms with Gasteiger partial charge in [0, 0.05) is 24.3 Å². The summed E-state index contributed by atoms with van der Waals surface area (Å²) in [5, 5.41) is 13.7. The molecule has 1 fully saturated rings. The van der Waals surface area contributed by atoms with Crippen LogP contribution in [0.3, 0.4) is 0 Å². The van der Waals surface area contributed by atoms with Crippen LogP contribution in [0.4, 0.5) is 4.39 Å². The van der Waals surface area contributed by atoms with Gasteiger partial charge in [-0.1, -0.05) is 6.07 Å². The molecule has 2 aliphatic rings. The van der Waals surface area contributed by atoms with Gasteiger partial charge < -0.3 is 10.0 Å². The van der Waals surface area contributed by atoms with E-state index in [1.54, 1.807) is 15.6 Å². The highest BCUT2D eigenvalue weighted by atomic mass is 19.1. The third kappa shape index (κ3) is 3.11. The molecule has 0 radical (unpaired) electrons. The van der Waals surface area contributed by atoms with Crippen molar-refractivity contribution >= 4 is 11.9 Å². The molecule has 1 saturated heterocycles. The second-order valence-electron chi connectivity index (χ2n) is 7.42. The first-order valence-electron chi connectivity index (χ1n) is 9.35. The van der Waals surface area contributed by atoms with Crippen molar-refractivity contribution in [1.29, 1.82) is 0 Å². The fraction of sp³-hybridized carbons (Fsp3) is 0.450. The molecule has 1 N–H and O–H groups in total.